The third-order valence-corrected chi connectivity index (χ3v) is 15.3. The average molecular weight is 799 g/mol. The molecule has 2 unspecified atom stereocenters. The van der Waals surface area contributed by atoms with E-state index in [9.17, 15) is 0 Å². The summed E-state index contributed by atoms with van der Waals surface area (Å²) in [6.07, 6.45) is 4.26. The molecule has 1 fully saturated rings. The molecule has 0 amide bonds. The van der Waals surface area contributed by atoms with E-state index in [1.165, 1.54) is 50.2 Å². The van der Waals surface area contributed by atoms with Crippen LogP contribution in [0, 0.1) is 0 Å². The van der Waals surface area contributed by atoms with Crippen LogP contribution < -0.4 is 20.4 Å². The molecule has 1 aliphatic rings. The van der Waals surface area contributed by atoms with Gasteiger partial charge in [0.15, 0.2) is 0 Å². The molecule has 0 aliphatic heterocycles. The summed E-state index contributed by atoms with van der Waals surface area (Å²) >= 11 is 0. The van der Waals surface area contributed by atoms with Crippen molar-refractivity contribution >= 4 is 54.0 Å². The molecule has 7 rings (SSSR count). The number of hydrogen-bond acceptors (Lipinski definition) is 3. The van der Waals surface area contributed by atoms with Crippen LogP contribution in [-0.4, -0.2) is 6.10 Å². The van der Waals surface area contributed by atoms with Crippen molar-refractivity contribution in [1.82, 2.24) is 0 Å². The van der Waals surface area contributed by atoms with E-state index in [1.54, 1.807) is 0 Å². The molecule has 1 heterocycles. The van der Waals surface area contributed by atoms with Crippen LogP contribution in [0.5, 0.6) is 0 Å². The van der Waals surface area contributed by atoms with Crippen LogP contribution in [-0.2, 0) is 21.7 Å². The molecular formula is C52H64O3P2. The maximum atomic E-state index is 7.40. The summed E-state index contributed by atoms with van der Waals surface area (Å²) in [4.78, 5) is 0. The highest BCUT2D eigenvalue weighted by atomic mass is 31.1. The van der Waals surface area contributed by atoms with Crippen LogP contribution in [0.15, 0.2) is 118 Å². The number of hydrogen-bond donors (Lipinski definition) is 0. The second-order valence-corrected chi connectivity index (χ2v) is 23.5. The van der Waals surface area contributed by atoms with E-state index < -0.39 is 16.2 Å². The lowest BCUT2D eigenvalue weighted by molar-refractivity contribution is 0.172. The molecule has 0 saturated heterocycles. The quantitative estimate of drug-likeness (QED) is 0.157. The van der Waals surface area contributed by atoms with E-state index in [1.807, 2.05) is 0 Å². The van der Waals surface area contributed by atoms with E-state index >= 15 is 0 Å². The Labute approximate surface area is 345 Å². The molecule has 5 aromatic carbocycles. The SMILES string of the molecule is CC(C)(C)c1cc(C(C)(C)C)c2op(OC3CCCCC3c3ccccc3P(c3ccccc3)c3ccccc3)oc3c(C(C)(C)C)cc(C(C)(C)C)cc3c2c1. The van der Waals surface area contributed by atoms with E-state index in [4.69, 9.17) is 12.9 Å². The van der Waals surface area contributed by atoms with Gasteiger partial charge in [0.1, 0.15) is 11.2 Å². The number of fused-ring (bicyclic) bond motifs is 3. The number of benzene rings is 5. The Morgan fingerprint density at radius 1 is 0.526 bits per heavy atom. The van der Waals surface area contributed by atoms with Crippen molar-refractivity contribution in [3.05, 3.63) is 137 Å². The third-order valence-electron chi connectivity index (χ3n) is 11.7. The van der Waals surface area contributed by atoms with Crippen LogP contribution in [0.2, 0.25) is 0 Å². The van der Waals surface area contributed by atoms with Gasteiger partial charge in [0.2, 0.25) is 0 Å². The summed E-state index contributed by atoms with van der Waals surface area (Å²) in [5.41, 5.74) is 7.70. The van der Waals surface area contributed by atoms with Gasteiger partial charge in [-0.15, -0.1) is 0 Å². The van der Waals surface area contributed by atoms with Crippen LogP contribution in [0.4, 0.5) is 0 Å². The van der Waals surface area contributed by atoms with Gasteiger partial charge in [-0.05, 0) is 87.2 Å². The molecule has 5 heteroatoms. The largest absolute Gasteiger partial charge is 0.399 e. The van der Waals surface area contributed by atoms with Crippen molar-refractivity contribution in [3.8, 4) is 0 Å². The molecule has 1 aromatic heterocycles. The molecule has 6 aromatic rings. The summed E-state index contributed by atoms with van der Waals surface area (Å²) in [6.45, 7) is 27.6. The zero-order valence-corrected chi connectivity index (χ0v) is 38.3. The van der Waals surface area contributed by atoms with Gasteiger partial charge in [-0.3, -0.25) is 4.52 Å². The molecule has 1 aliphatic carbocycles. The minimum Gasteiger partial charge on any atom is -0.399 e. The highest BCUT2D eigenvalue weighted by molar-refractivity contribution is 7.79. The van der Waals surface area contributed by atoms with Crippen molar-refractivity contribution < 1.29 is 12.9 Å². The fourth-order valence-corrected chi connectivity index (χ4v) is 12.1. The predicted molar refractivity (Wildman–Crippen MR) is 248 cm³/mol. The molecule has 0 bridgehead atoms. The van der Waals surface area contributed by atoms with E-state index in [0.29, 0.717) is 0 Å². The minimum atomic E-state index is -1.82. The molecule has 57 heavy (non-hydrogen) atoms. The summed E-state index contributed by atoms with van der Waals surface area (Å²) in [7, 11) is -2.60. The van der Waals surface area contributed by atoms with Gasteiger partial charge < -0.3 is 8.39 Å². The molecule has 1 saturated carbocycles. The highest BCUT2D eigenvalue weighted by Crippen LogP contribution is 2.47. The summed E-state index contributed by atoms with van der Waals surface area (Å²) in [5, 5.41) is 6.34. The Morgan fingerprint density at radius 3 is 1.42 bits per heavy atom. The standard InChI is InChI=1S/C52H64O3P2/c1-49(2,3)35-31-41-42-32-36(50(4,5)6)34-44(52(10,11)12)48(42)55-57(54-47(41)43(33-35)51(7,8)9)53-45-29-21-19-27-39(45)40-28-20-22-30-46(40)56(37-23-15-13-16-24-37)38-25-17-14-18-26-38/h13-18,20,22-26,28,30-34,39,45H,19,21,27,29H2,1-12H3. The first-order valence-corrected chi connectivity index (χ1v) is 23.4. The Hall–Kier alpha value is -3.61. The molecule has 0 spiro atoms. The van der Waals surface area contributed by atoms with Crippen LogP contribution in [0.1, 0.15) is 143 Å². The van der Waals surface area contributed by atoms with Crippen LogP contribution >= 0.6 is 16.2 Å². The monoisotopic (exact) mass is 798 g/mol. The molecule has 3 nitrogen and oxygen atoms in total. The Kier molecular flexibility index (Phi) is 11.6. The summed E-state index contributed by atoms with van der Waals surface area (Å²) < 4.78 is 22.0. The van der Waals surface area contributed by atoms with Gasteiger partial charge in [0.25, 0.3) is 0 Å². The maximum absolute atomic E-state index is 7.40. The highest BCUT2D eigenvalue weighted by Gasteiger charge is 2.34. The van der Waals surface area contributed by atoms with Gasteiger partial charge in [-0.1, -0.05) is 193 Å². The van der Waals surface area contributed by atoms with Crippen molar-refractivity contribution in [2.45, 2.75) is 142 Å². The van der Waals surface area contributed by atoms with Crippen molar-refractivity contribution in [1.29, 1.82) is 0 Å². The second kappa shape index (κ2) is 15.9. The van der Waals surface area contributed by atoms with Gasteiger partial charge in [-0.25, -0.2) is 0 Å². The second-order valence-electron chi connectivity index (χ2n) is 20.3. The van der Waals surface area contributed by atoms with Crippen LogP contribution in [0.25, 0.3) is 21.9 Å². The first-order valence-electron chi connectivity index (χ1n) is 21.0. The van der Waals surface area contributed by atoms with Gasteiger partial charge >= 0.3 is 8.24 Å². The molecular weight excluding hydrogens is 735 g/mol. The van der Waals surface area contributed by atoms with Crippen molar-refractivity contribution in [3.63, 3.8) is 0 Å². The lowest BCUT2D eigenvalue weighted by Crippen LogP contribution is -2.32. The summed E-state index contributed by atoms with van der Waals surface area (Å²) in [5.74, 6) is 0.208. The maximum Gasteiger partial charge on any atom is 0.387 e. The van der Waals surface area contributed by atoms with E-state index in [0.717, 1.165) is 41.2 Å². The third kappa shape index (κ3) is 8.88. The molecule has 0 N–H and O–H groups in total. The first kappa shape index (κ1) is 41.5. The molecule has 2 atom stereocenters. The topological polar surface area (TPSA) is 35.5 Å². The smallest absolute Gasteiger partial charge is 0.387 e. The Morgan fingerprint density at radius 2 is 0.965 bits per heavy atom. The normalized spacial score (nSPS) is 17.1. The van der Waals surface area contributed by atoms with Gasteiger partial charge in [0, 0.05) is 27.8 Å². The lowest BCUT2D eigenvalue weighted by Gasteiger charge is -2.33. The average Bonchev–Trinajstić information content (AvgIpc) is 3.30. The zero-order chi connectivity index (χ0) is 40.9. The van der Waals surface area contributed by atoms with Gasteiger partial charge in [-0.2, -0.15) is 0 Å². The fourth-order valence-electron chi connectivity index (χ4n) is 8.32. The van der Waals surface area contributed by atoms with Crippen LogP contribution in [0.3, 0.4) is 0 Å². The Bertz CT molecular complexity index is 2250. The number of rotatable bonds is 6. The zero-order valence-electron chi connectivity index (χ0n) is 36.5. The fraction of sp³-hybridized carbons (Fsp3) is 0.423. The lowest BCUT2D eigenvalue weighted by atomic mass is 9.77. The molecule has 300 valence electrons. The minimum absolute atomic E-state index is 0.0559. The van der Waals surface area contributed by atoms with Gasteiger partial charge in [0.05, 0.1) is 6.10 Å². The van der Waals surface area contributed by atoms with E-state index in [-0.39, 0.29) is 33.7 Å². The molecule has 0 radical (unpaired) electrons. The van der Waals surface area contributed by atoms with Crippen molar-refractivity contribution in [2.24, 2.45) is 0 Å². The summed E-state index contributed by atoms with van der Waals surface area (Å²) in [6, 6.07) is 40.8. The van der Waals surface area contributed by atoms with Crippen molar-refractivity contribution in [2.75, 3.05) is 0 Å². The predicted octanol–water partition coefficient (Wildman–Crippen LogP) is 14.4. The van der Waals surface area contributed by atoms with E-state index in [2.05, 4.69) is 192 Å². The Balaban J connectivity index is 1.47. The first-order chi connectivity index (χ1) is 26.8.